The molecule has 0 saturated heterocycles. The molecule has 0 radical (unpaired) electrons. The van der Waals surface area contributed by atoms with Gasteiger partial charge in [-0.2, -0.15) is 5.26 Å². The van der Waals surface area contributed by atoms with E-state index in [-0.39, 0.29) is 25.5 Å². The second-order valence-electron chi connectivity index (χ2n) is 4.71. The molecule has 1 rings (SSSR count). The second-order valence-corrected chi connectivity index (χ2v) is 4.71. The van der Waals surface area contributed by atoms with Gasteiger partial charge in [-0.05, 0) is 12.0 Å². The molecule has 1 aromatic carbocycles. The van der Waals surface area contributed by atoms with Crippen molar-refractivity contribution in [1.82, 2.24) is 5.32 Å². The summed E-state index contributed by atoms with van der Waals surface area (Å²) < 4.78 is 10.2. The maximum atomic E-state index is 11.9. The zero-order valence-electron chi connectivity index (χ0n) is 12.9. The van der Waals surface area contributed by atoms with Crippen LogP contribution in [-0.2, 0) is 25.7 Å². The summed E-state index contributed by atoms with van der Waals surface area (Å²) in [4.78, 5) is 23.6. The number of benzene rings is 1. The van der Waals surface area contributed by atoms with Gasteiger partial charge in [0.25, 0.3) is 0 Å². The Balaban J connectivity index is 2.52. The largest absolute Gasteiger partial charge is 0.449 e. The fraction of sp³-hybridized carbons (Fsp3) is 0.353. The molecule has 0 aliphatic rings. The van der Waals surface area contributed by atoms with Crippen molar-refractivity contribution >= 4 is 11.9 Å². The SMILES string of the molecule is C=CCCC(=O)NC(COCc1ccccc1)C(=O)OCC#N. The highest BCUT2D eigenvalue weighted by atomic mass is 16.5. The number of ether oxygens (including phenoxy) is 2. The highest BCUT2D eigenvalue weighted by molar-refractivity contribution is 5.84. The summed E-state index contributed by atoms with van der Waals surface area (Å²) in [7, 11) is 0. The van der Waals surface area contributed by atoms with Crippen LogP contribution in [0.15, 0.2) is 43.0 Å². The summed E-state index contributed by atoms with van der Waals surface area (Å²) in [6.45, 7) is 3.46. The van der Waals surface area contributed by atoms with E-state index in [4.69, 9.17) is 14.7 Å². The highest BCUT2D eigenvalue weighted by Gasteiger charge is 2.22. The van der Waals surface area contributed by atoms with E-state index < -0.39 is 12.0 Å². The van der Waals surface area contributed by atoms with Crippen LogP contribution < -0.4 is 5.32 Å². The molecule has 6 nitrogen and oxygen atoms in total. The summed E-state index contributed by atoms with van der Waals surface area (Å²) in [5.41, 5.74) is 0.953. The predicted octanol–water partition coefficient (Wildman–Crippen LogP) is 1.72. The van der Waals surface area contributed by atoms with Crippen LogP contribution in [0.1, 0.15) is 18.4 Å². The molecule has 0 saturated carbocycles. The summed E-state index contributed by atoms with van der Waals surface area (Å²) in [5.74, 6) is -0.987. The van der Waals surface area contributed by atoms with Crippen molar-refractivity contribution in [2.24, 2.45) is 0 Å². The van der Waals surface area contributed by atoms with Gasteiger partial charge in [0.1, 0.15) is 6.07 Å². The first-order chi connectivity index (χ1) is 11.2. The summed E-state index contributed by atoms with van der Waals surface area (Å²) in [6, 6.07) is 10.2. The standard InChI is InChI=1S/C17H20N2O4/c1-2-3-9-16(20)19-15(17(21)23-11-10-18)13-22-12-14-7-5-4-6-8-14/h2,4-8,15H,1,3,9,11-13H2,(H,19,20). The molecule has 0 aliphatic heterocycles. The van der Waals surface area contributed by atoms with Crippen molar-refractivity contribution in [1.29, 1.82) is 5.26 Å². The highest BCUT2D eigenvalue weighted by Crippen LogP contribution is 2.02. The van der Waals surface area contributed by atoms with E-state index in [1.165, 1.54) is 0 Å². The van der Waals surface area contributed by atoms with Crippen molar-refractivity contribution in [3.8, 4) is 6.07 Å². The lowest BCUT2D eigenvalue weighted by Crippen LogP contribution is -2.45. The third-order valence-corrected chi connectivity index (χ3v) is 2.87. The Labute approximate surface area is 135 Å². The molecular weight excluding hydrogens is 296 g/mol. The number of hydrogen-bond donors (Lipinski definition) is 1. The smallest absolute Gasteiger partial charge is 0.332 e. The average Bonchev–Trinajstić information content (AvgIpc) is 2.57. The first kappa shape index (κ1) is 18.4. The fourth-order valence-corrected chi connectivity index (χ4v) is 1.74. The van der Waals surface area contributed by atoms with E-state index in [0.29, 0.717) is 13.0 Å². The van der Waals surface area contributed by atoms with E-state index in [0.717, 1.165) is 5.56 Å². The first-order valence-electron chi connectivity index (χ1n) is 7.23. The van der Waals surface area contributed by atoms with Gasteiger partial charge in [0.05, 0.1) is 13.2 Å². The molecule has 0 aromatic heterocycles. The Morgan fingerprint density at radius 2 is 2.09 bits per heavy atom. The molecular formula is C17H20N2O4. The number of carbonyl (C=O) groups excluding carboxylic acids is 2. The molecule has 6 heteroatoms. The molecule has 1 atom stereocenters. The molecule has 0 bridgehead atoms. The van der Waals surface area contributed by atoms with Crippen LogP contribution in [0.5, 0.6) is 0 Å². The zero-order chi connectivity index (χ0) is 16.9. The lowest BCUT2D eigenvalue weighted by atomic mass is 10.2. The number of esters is 1. The third-order valence-electron chi connectivity index (χ3n) is 2.87. The number of nitriles is 1. The predicted molar refractivity (Wildman–Crippen MR) is 84.0 cm³/mol. The third kappa shape index (κ3) is 7.79. The molecule has 1 aromatic rings. The Morgan fingerprint density at radius 3 is 2.74 bits per heavy atom. The first-order valence-corrected chi connectivity index (χ1v) is 7.23. The Morgan fingerprint density at radius 1 is 1.35 bits per heavy atom. The minimum absolute atomic E-state index is 0.0288. The van der Waals surface area contributed by atoms with E-state index in [9.17, 15) is 9.59 Å². The van der Waals surface area contributed by atoms with E-state index >= 15 is 0 Å². The van der Waals surface area contributed by atoms with Gasteiger partial charge in [0, 0.05) is 6.42 Å². The van der Waals surface area contributed by atoms with Crippen LogP contribution in [0.3, 0.4) is 0 Å². The van der Waals surface area contributed by atoms with Gasteiger partial charge in [0.2, 0.25) is 5.91 Å². The van der Waals surface area contributed by atoms with Crippen LogP contribution in [0.25, 0.3) is 0 Å². The van der Waals surface area contributed by atoms with Crippen LogP contribution in [0, 0.1) is 11.3 Å². The molecule has 0 spiro atoms. The molecule has 23 heavy (non-hydrogen) atoms. The van der Waals surface area contributed by atoms with Gasteiger partial charge in [-0.1, -0.05) is 36.4 Å². The van der Waals surface area contributed by atoms with Crippen LogP contribution in [-0.4, -0.2) is 31.1 Å². The molecule has 122 valence electrons. The molecule has 0 heterocycles. The summed E-state index contributed by atoms with van der Waals surface area (Å²) >= 11 is 0. The van der Waals surface area contributed by atoms with E-state index in [1.807, 2.05) is 30.3 Å². The number of rotatable bonds is 10. The van der Waals surface area contributed by atoms with Crippen molar-refractivity contribution in [3.63, 3.8) is 0 Å². The normalized spacial score (nSPS) is 11.1. The quantitative estimate of drug-likeness (QED) is 0.524. The molecule has 0 fully saturated rings. The van der Waals surface area contributed by atoms with E-state index in [2.05, 4.69) is 11.9 Å². The number of nitrogens with one attached hydrogen (secondary N) is 1. The van der Waals surface area contributed by atoms with Gasteiger partial charge in [-0.15, -0.1) is 6.58 Å². The van der Waals surface area contributed by atoms with Crippen molar-refractivity contribution in [2.75, 3.05) is 13.2 Å². The van der Waals surface area contributed by atoms with Gasteiger partial charge in [-0.25, -0.2) is 4.79 Å². The Hall–Kier alpha value is -2.65. The number of allylic oxidation sites excluding steroid dienone is 1. The molecule has 1 amide bonds. The second kappa shape index (κ2) is 11.0. The van der Waals surface area contributed by atoms with Crippen LogP contribution >= 0.6 is 0 Å². The summed E-state index contributed by atoms with van der Waals surface area (Å²) in [5, 5.41) is 11.0. The monoisotopic (exact) mass is 316 g/mol. The Kier molecular flexibility index (Phi) is 8.79. The van der Waals surface area contributed by atoms with Crippen molar-refractivity contribution in [3.05, 3.63) is 48.6 Å². The lowest BCUT2D eigenvalue weighted by molar-refractivity contribution is -0.148. The van der Waals surface area contributed by atoms with Crippen LogP contribution in [0.4, 0.5) is 0 Å². The number of carbonyl (C=O) groups is 2. The number of hydrogen-bond acceptors (Lipinski definition) is 5. The zero-order valence-corrected chi connectivity index (χ0v) is 12.9. The topological polar surface area (TPSA) is 88.4 Å². The molecule has 0 aliphatic carbocycles. The minimum Gasteiger partial charge on any atom is -0.449 e. The Bertz CT molecular complexity index is 551. The fourth-order valence-electron chi connectivity index (χ4n) is 1.74. The lowest BCUT2D eigenvalue weighted by Gasteiger charge is -2.17. The van der Waals surface area contributed by atoms with Gasteiger partial charge < -0.3 is 14.8 Å². The number of nitrogens with zero attached hydrogens (tertiary/aromatic N) is 1. The maximum Gasteiger partial charge on any atom is 0.332 e. The van der Waals surface area contributed by atoms with Gasteiger partial charge in [0.15, 0.2) is 12.6 Å². The van der Waals surface area contributed by atoms with Gasteiger partial charge >= 0.3 is 5.97 Å². The minimum atomic E-state index is -0.940. The average molecular weight is 316 g/mol. The van der Waals surface area contributed by atoms with E-state index in [1.54, 1.807) is 12.1 Å². The maximum absolute atomic E-state index is 11.9. The summed E-state index contributed by atoms with van der Waals surface area (Å²) in [6.07, 6.45) is 2.36. The molecule has 1 unspecified atom stereocenters. The van der Waals surface area contributed by atoms with Gasteiger partial charge in [-0.3, -0.25) is 4.79 Å². The molecule has 1 N–H and O–H groups in total. The van der Waals surface area contributed by atoms with Crippen molar-refractivity contribution < 1.29 is 19.1 Å². The van der Waals surface area contributed by atoms with Crippen LogP contribution in [0.2, 0.25) is 0 Å². The van der Waals surface area contributed by atoms with Crippen molar-refractivity contribution in [2.45, 2.75) is 25.5 Å². The number of amides is 1.